The normalized spacial score (nSPS) is 16.7. The van der Waals surface area contributed by atoms with Crippen molar-refractivity contribution in [3.05, 3.63) is 59.2 Å². The Balaban J connectivity index is 1.58. The molecule has 166 valence electrons. The quantitative estimate of drug-likeness (QED) is 0.740. The number of alkyl halides is 3. The Morgan fingerprint density at radius 3 is 2.35 bits per heavy atom. The number of hydrogen-bond acceptors (Lipinski definition) is 3. The Kier molecular flexibility index (Phi) is 6.87. The van der Waals surface area contributed by atoms with E-state index in [1.807, 2.05) is 32.0 Å². The van der Waals surface area contributed by atoms with Crippen molar-refractivity contribution < 1.29 is 27.5 Å². The van der Waals surface area contributed by atoms with Gasteiger partial charge in [-0.2, -0.15) is 13.2 Å². The number of nitrogens with zero attached hydrogens (tertiary/aromatic N) is 1. The third-order valence-electron chi connectivity index (χ3n) is 5.07. The molecule has 0 saturated carbocycles. The largest absolute Gasteiger partial charge is 0.484 e. The van der Waals surface area contributed by atoms with Gasteiger partial charge in [-0.15, -0.1) is 0 Å². The molecule has 8 heteroatoms. The zero-order valence-electron chi connectivity index (χ0n) is 17.5. The van der Waals surface area contributed by atoms with E-state index in [1.165, 1.54) is 24.3 Å². The minimum Gasteiger partial charge on any atom is -0.484 e. The van der Waals surface area contributed by atoms with Gasteiger partial charge >= 0.3 is 6.18 Å². The Morgan fingerprint density at radius 1 is 1.10 bits per heavy atom. The number of nitrogens with one attached hydrogen (secondary N) is 1. The molecule has 0 aliphatic carbocycles. The summed E-state index contributed by atoms with van der Waals surface area (Å²) in [5, 5.41) is 2.77. The van der Waals surface area contributed by atoms with E-state index in [1.54, 1.807) is 4.90 Å². The second-order valence-electron chi connectivity index (χ2n) is 7.88. The van der Waals surface area contributed by atoms with Gasteiger partial charge in [0.1, 0.15) is 5.75 Å². The molecule has 31 heavy (non-hydrogen) atoms. The van der Waals surface area contributed by atoms with E-state index in [9.17, 15) is 22.8 Å². The fourth-order valence-electron chi connectivity index (χ4n) is 3.70. The lowest BCUT2D eigenvalue weighted by molar-refractivity contribution is -0.153. The van der Waals surface area contributed by atoms with Crippen LogP contribution < -0.4 is 10.1 Å². The number of benzene rings is 2. The summed E-state index contributed by atoms with van der Waals surface area (Å²) < 4.78 is 41.3. The number of anilines is 1. The third-order valence-corrected chi connectivity index (χ3v) is 5.07. The SMILES string of the molecule is Cc1cc(C)cc(C(=O)N2CCCC(C(=O)Nc3ccc(OCC(F)(F)F)cc3)C2)c1. The highest BCUT2D eigenvalue weighted by Crippen LogP contribution is 2.23. The second kappa shape index (κ2) is 9.41. The highest BCUT2D eigenvalue weighted by atomic mass is 19.4. The average Bonchev–Trinajstić information content (AvgIpc) is 2.71. The number of carbonyl (C=O) groups excluding carboxylic acids is 2. The van der Waals surface area contributed by atoms with Crippen LogP contribution in [0.25, 0.3) is 0 Å². The van der Waals surface area contributed by atoms with E-state index in [2.05, 4.69) is 10.1 Å². The van der Waals surface area contributed by atoms with Gasteiger partial charge in [0.2, 0.25) is 5.91 Å². The maximum atomic E-state index is 12.9. The second-order valence-corrected chi connectivity index (χ2v) is 7.88. The molecule has 2 aromatic carbocycles. The van der Waals surface area contributed by atoms with Gasteiger partial charge in [-0.25, -0.2) is 0 Å². The Hall–Kier alpha value is -3.03. The lowest BCUT2D eigenvalue weighted by Crippen LogP contribution is -2.43. The summed E-state index contributed by atoms with van der Waals surface area (Å²) in [5.74, 6) is -0.597. The highest BCUT2D eigenvalue weighted by molar-refractivity contribution is 5.96. The molecule has 1 saturated heterocycles. The number of carbonyl (C=O) groups is 2. The molecule has 0 aromatic heterocycles. The van der Waals surface area contributed by atoms with Gasteiger partial charge in [-0.3, -0.25) is 9.59 Å². The van der Waals surface area contributed by atoms with Crippen molar-refractivity contribution in [3.63, 3.8) is 0 Å². The highest BCUT2D eigenvalue weighted by Gasteiger charge is 2.30. The molecule has 1 atom stereocenters. The van der Waals surface area contributed by atoms with Crippen molar-refractivity contribution in [1.82, 2.24) is 4.90 Å². The minimum absolute atomic E-state index is 0.0678. The van der Waals surface area contributed by atoms with Crippen molar-refractivity contribution in [2.24, 2.45) is 5.92 Å². The van der Waals surface area contributed by atoms with Gasteiger partial charge in [0.15, 0.2) is 6.61 Å². The van der Waals surface area contributed by atoms with Crippen LogP contribution in [0.1, 0.15) is 34.3 Å². The number of hydrogen-bond donors (Lipinski definition) is 1. The molecule has 0 spiro atoms. The Bertz CT molecular complexity index is 922. The summed E-state index contributed by atoms with van der Waals surface area (Å²) in [6, 6.07) is 11.4. The molecular weight excluding hydrogens is 409 g/mol. The summed E-state index contributed by atoms with van der Waals surface area (Å²) in [6.45, 7) is 3.43. The summed E-state index contributed by atoms with van der Waals surface area (Å²) in [4.78, 5) is 27.3. The van der Waals surface area contributed by atoms with Crippen molar-refractivity contribution in [2.75, 3.05) is 25.0 Å². The average molecular weight is 434 g/mol. The lowest BCUT2D eigenvalue weighted by Gasteiger charge is -2.32. The number of halogens is 3. The van der Waals surface area contributed by atoms with Crippen LogP contribution in [0.2, 0.25) is 0 Å². The Labute approximate surface area is 179 Å². The number of aryl methyl sites for hydroxylation is 2. The molecule has 0 radical (unpaired) electrons. The van der Waals surface area contributed by atoms with Gasteiger partial charge in [-0.1, -0.05) is 17.2 Å². The van der Waals surface area contributed by atoms with Crippen LogP contribution in [0.15, 0.2) is 42.5 Å². The zero-order chi connectivity index (χ0) is 22.6. The summed E-state index contributed by atoms with van der Waals surface area (Å²) in [7, 11) is 0. The maximum Gasteiger partial charge on any atom is 0.422 e. The first kappa shape index (κ1) is 22.7. The molecule has 1 unspecified atom stereocenters. The summed E-state index contributed by atoms with van der Waals surface area (Å²) >= 11 is 0. The van der Waals surface area contributed by atoms with E-state index in [0.717, 1.165) is 17.5 Å². The van der Waals surface area contributed by atoms with Crippen LogP contribution in [0.3, 0.4) is 0 Å². The van der Waals surface area contributed by atoms with E-state index in [4.69, 9.17) is 0 Å². The van der Waals surface area contributed by atoms with E-state index in [0.29, 0.717) is 30.8 Å². The van der Waals surface area contributed by atoms with Crippen molar-refractivity contribution in [2.45, 2.75) is 32.9 Å². The fourth-order valence-corrected chi connectivity index (χ4v) is 3.70. The molecule has 1 aliphatic rings. The van der Waals surface area contributed by atoms with Crippen molar-refractivity contribution in [3.8, 4) is 5.75 Å². The van der Waals surface area contributed by atoms with E-state index < -0.39 is 12.8 Å². The molecule has 1 N–H and O–H groups in total. The number of amides is 2. The molecule has 1 heterocycles. The van der Waals surface area contributed by atoms with Crippen molar-refractivity contribution >= 4 is 17.5 Å². The Morgan fingerprint density at radius 2 is 1.74 bits per heavy atom. The maximum absolute atomic E-state index is 12.9. The van der Waals surface area contributed by atoms with Crippen LogP contribution in [0.5, 0.6) is 5.75 Å². The van der Waals surface area contributed by atoms with E-state index >= 15 is 0 Å². The number of piperidine rings is 1. The molecule has 2 aromatic rings. The molecular formula is C23H25F3N2O3. The predicted octanol–water partition coefficient (Wildman–Crippen LogP) is 4.74. The number of rotatable bonds is 5. The van der Waals surface area contributed by atoms with Gasteiger partial charge in [-0.05, 0) is 63.1 Å². The monoisotopic (exact) mass is 434 g/mol. The molecule has 1 aliphatic heterocycles. The van der Waals surface area contributed by atoms with Gasteiger partial charge < -0.3 is 15.0 Å². The van der Waals surface area contributed by atoms with Gasteiger partial charge in [0, 0.05) is 24.3 Å². The fraction of sp³-hybridized carbons (Fsp3) is 0.391. The van der Waals surface area contributed by atoms with Gasteiger partial charge in [0.05, 0.1) is 5.92 Å². The molecule has 1 fully saturated rings. The molecule has 0 bridgehead atoms. The first-order valence-corrected chi connectivity index (χ1v) is 10.1. The van der Waals surface area contributed by atoms with E-state index in [-0.39, 0.29) is 23.5 Å². The predicted molar refractivity (Wildman–Crippen MR) is 111 cm³/mol. The lowest BCUT2D eigenvalue weighted by atomic mass is 9.96. The van der Waals surface area contributed by atoms with Crippen molar-refractivity contribution in [1.29, 1.82) is 0 Å². The smallest absolute Gasteiger partial charge is 0.422 e. The first-order chi connectivity index (χ1) is 14.6. The number of likely N-dealkylation sites (tertiary alicyclic amines) is 1. The molecule has 5 nitrogen and oxygen atoms in total. The topological polar surface area (TPSA) is 58.6 Å². The van der Waals surface area contributed by atoms with Crippen LogP contribution in [0, 0.1) is 19.8 Å². The van der Waals surface area contributed by atoms with Crippen LogP contribution in [0.4, 0.5) is 18.9 Å². The van der Waals surface area contributed by atoms with Crippen LogP contribution in [-0.4, -0.2) is 42.6 Å². The number of ether oxygens (including phenoxy) is 1. The van der Waals surface area contributed by atoms with Gasteiger partial charge in [0.25, 0.3) is 5.91 Å². The zero-order valence-corrected chi connectivity index (χ0v) is 17.5. The first-order valence-electron chi connectivity index (χ1n) is 10.1. The summed E-state index contributed by atoms with van der Waals surface area (Å²) in [6.07, 6.45) is -3.03. The molecule has 3 rings (SSSR count). The standard InChI is InChI=1S/C23H25F3N2O3/c1-15-10-16(2)12-18(11-15)22(30)28-9-3-4-17(13-28)21(29)27-19-5-7-20(8-6-19)31-14-23(24,25)26/h5-8,10-12,17H,3-4,9,13-14H2,1-2H3,(H,27,29). The van der Waals surface area contributed by atoms with Crippen LogP contribution >= 0.6 is 0 Å². The minimum atomic E-state index is -4.41. The summed E-state index contributed by atoms with van der Waals surface area (Å²) in [5.41, 5.74) is 3.10. The van der Waals surface area contributed by atoms with Crippen LogP contribution in [-0.2, 0) is 4.79 Å². The third kappa shape index (κ3) is 6.47. The molecule has 2 amide bonds.